The molecular weight excluding hydrogens is 425 g/mol. The van der Waals surface area contributed by atoms with E-state index in [0.717, 1.165) is 43.1 Å². The van der Waals surface area contributed by atoms with E-state index in [1.807, 2.05) is 47.9 Å². The first-order valence-corrected chi connectivity index (χ1v) is 12.0. The number of rotatable bonds is 8. The molecule has 1 fully saturated rings. The average molecular weight is 454 g/mol. The van der Waals surface area contributed by atoms with Gasteiger partial charge in [0.15, 0.2) is 5.16 Å². The van der Waals surface area contributed by atoms with Gasteiger partial charge >= 0.3 is 0 Å². The van der Waals surface area contributed by atoms with E-state index in [9.17, 15) is 9.18 Å². The van der Waals surface area contributed by atoms with Gasteiger partial charge in [-0.25, -0.2) is 4.39 Å². The van der Waals surface area contributed by atoms with Crippen molar-refractivity contribution >= 4 is 23.6 Å². The second kappa shape index (κ2) is 10.6. The fraction of sp³-hybridized carbons (Fsp3) is 0.375. The number of piperidine rings is 1. The van der Waals surface area contributed by atoms with Crippen LogP contribution in [0.25, 0.3) is 5.69 Å². The van der Waals surface area contributed by atoms with E-state index in [4.69, 9.17) is 0 Å². The van der Waals surface area contributed by atoms with Crippen LogP contribution in [-0.2, 0) is 11.3 Å². The molecule has 0 spiro atoms. The van der Waals surface area contributed by atoms with Crippen molar-refractivity contribution in [3.63, 3.8) is 0 Å². The van der Waals surface area contributed by atoms with Crippen molar-refractivity contribution in [1.82, 2.24) is 19.7 Å². The Morgan fingerprint density at radius 1 is 1.06 bits per heavy atom. The molecular formula is C24H28FN5OS. The van der Waals surface area contributed by atoms with E-state index in [1.54, 1.807) is 11.0 Å². The second-order valence-electron chi connectivity index (χ2n) is 7.83. The van der Waals surface area contributed by atoms with E-state index in [0.29, 0.717) is 18.2 Å². The minimum Gasteiger partial charge on any atom is -0.341 e. The smallest absolute Gasteiger partial charge is 0.233 e. The van der Waals surface area contributed by atoms with Crippen molar-refractivity contribution in [3.05, 3.63) is 66.0 Å². The Morgan fingerprint density at radius 2 is 1.84 bits per heavy atom. The largest absolute Gasteiger partial charge is 0.341 e. The van der Waals surface area contributed by atoms with Gasteiger partial charge in [-0.2, -0.15) is 0 Å². The molecule has 0 N–H and O–H groups in total. The maximum Gasteiger partial charge on any atom is 0.233 e. The number of hydrogen-bond donors (Lipinski definition) is 0. The van der Waals surface area contributed by atoms with Gasteiger partial charge in [0, 0.05) is 26.2 Å². The molecule has 0 unspecified atom stereocenters. The zero-order valence-corrected chi connectivity index (χ0v) is 19.1. The van der Waals surface area contributed by atoms with E-state index in [1.165, 1.54) is 30.3 Å². The molecule has 1 aromatic heterocycles. The molecule has 0 saturated carbocycles. The van der Waals surface area contributed by atoms with Crippen molar-refractivity contribution in [2.75, 3.05) is 30.3 Å². The molecule has 0 bridgehead atoms. The van der Waals surface area contributed by atoms with Crippen LogP contribution in [0.3, 0.4) is 0 Å². The van der Waals surface area contributed by atoms with Crippen LogP contribution in [0.1, 0.15) is 31.7 Å². The fourth-order valence-electron chi connectivity index (χ4n) is 3.91. The number of anilines is 1. The summed E-state index contributed by atoms with van der Waals surface area (Å²) in [5.74, 6) is 0.775. The molecule has 1 aliphatic rings. The third-order valence-corrected chi connectivity index (χ3v) is 6.50. The van der Waals surface area contributed by atoms with Crippen molar-refractivity contribution < 1.29 is 9.18 Å². The molecule has 1 amide bonds. The zero-order chi connectivity index (χ0) is 22.3. The minimum absolute atomic E-state index is 0.0103. The number of amides is 1. The highest BCUT2D eigenvalue weighted by Gasteiger charge is 2.22. The third-order valence-electron chi connectivity index (χ3n) is 5.59. The zero-order valence-electron chi connectivity index (χ0n) is 18.3. The minimum atomic E-state index is -0.290. The van der Waals surface area contributed by atoms with Crippen molar-refractivity contribution in [2.45, 2.75) is 37.9 Å². The fourth-order valence-corrected chi connectivity index (χ4v) is 4.76. The topological polar surface area (TPSA) is 54.3 Å². The number of hydrogen-bond acceptors (Lipinski definition) is 5. The van der Waals surface area contributed by atoms with Crippen LogP contribution in [0.15, 0.2) is 59.8 Å². The van der Waals surface area contributed by atoms with Crippen LogP contribution in [0.2, 0.25) is 0 Å². The standard InChI is InChI=1S/C24H28FN5OS/c1-2-28(17-19-10-9-11-20(25)16-19)22(31)18-32-24-27-26-23(29-14-7-4-8-15-29)30(24)21-12-5-3-6-13-21/h3,5-6,9-13,16H,2,4,7-8,14-15,17-18H2,1H3. The predicted molar refractivity (Wildman–Crippen MR) is 126 cm³/mol. The number of thioether (sulfide) groups is 1. The quantitative estimate of drug-likeness (QED) is 0.469. The van der Waals surface area contributed by atoms with Gasteiger partial charge in [0.1, 0.15) is 5.82 Å². The number of nitrogens with zero attached hydrogens (tertiary/aromatic N) is 5. The molecule has 0 radical (unpaired) electrons. The summed E-state index contributed by atoms with van der Waals surface area (Å²) in [5.41, 5.74) is 1.77. The van der Waals surface area contributed by atoms with Gasteiger partial charge in [0.2, 0.25) is 11.9 Å². The molecule has 1 saturated heterocycles. The van der Waals surface area contributed by atoms with E-state index >= 15 is 0 Å². The van der Waals surface area contributed by atoms with Gasteiger partial charge in [-0.3, -0.25) is 9.36 Å². The summed E-state index contributed by atoms with van der Waals surface area (Å²) >= 11 is 1.39. The summed E-state index contributed by atoms with van der Waals surface area (Å²) in [6.45, 7) is 4.80. The molecule has 2 heterocycles. The molecule has 1 aliphatic heterocycles. The number of benzene rings is 2. The summed E-state index contributed by atoms with van der Waals surface area (Å²) in [5, 5.41) is 9.62. The number of halogens is 1. The summed E-state index contributed by atoms with van der Waals surface area (Å²) < 4.78 is 15.6. The Labute approximate surface area is 192 Å². The molecule has 168 valence electrons. The first-order valence-electron chi connectivity index (χ1n) is 11.1. The maximum atomic E-state index is 13.5. The number of para-hydroxylation sites is 1. The van der Waals surface area contributed by atoms with Gasteiger partial charge < -0.3 is 9.80 Å². The van der Waals surface area contributed by atoms with E-state index in [2.05, 4.69) is 15.1 Å². The van der Waals surface area contributed by atoms with Gasteiger partial charge in [0.05, 0.1) is 11.4 Å². The molecule has 2 aromatic carbocycles. The van der Waals surface area contributed by atoms with Crippen LogP contribution < -0.4 is 4.90 Å². The molecule has 32 heavy (non-hydrogen) atoms. The van der Waals surface area contributed by atoms with E-state index < -0.39 is 0 Å². The molecule has 3 aromatic rings. The van der Waals surface area contributed by atoms with Crippen molar-refractivity contribution in [2.24, 2.45) is 0 Å². The molecule has 0 atom stereocenters. The Bertz CT molecular complexity index is 1040. The Hall–Kier alpha value is -2.87. The van der Waals surface area contributed by atoms with Crippen LogP contribution in [0, 0.1) is 5.82 Å². The summed E-state index contributed by atoms with van der Waals surface area (Å²) in [6.07, 6.45) is 3.53. The van der Waals surface area contributed by atoms with Crippen LogP contribution in [0.5, 0.6) is 0 Å². The molecule has 0 aliphatic carbocycles. The normalized spacial score (nSPS) is 13.9. The highest BCUT2D eigenvalue weighted by molar-refractivity contribution is 7.99. The number of aromatic nitrogens is 3. The first kappa shape index (κ1) is 22.3. The molecule has 4 rings (SSSR count). The molecule has 6 nitrogen and oxygen atoms in total. The first-order chi connectivity index (χ1) is 15.7. The van der Waals surface area contributed by atoms with Gasteiger partial charge in [-0.05, 0) is 56.0 Å². The maximum absolute atomic E-state index is 13.5. The van der Waals surface area contributed by atoms with E-state index in [-0.39, 0.29) is 17.5 Å². The monoisotopic (exact) mass is 453 g/mol. The van der Waals surface area contributed by atoms with Gasteiger partial charge in [-0.15, -0.1) is 10.2 Å². The lowest BCUT2D eigenvalue weighted by molar-refractivity contribution is -0.128. The van der Waals surface area contributed by atoms with Gasteiger partial charge in [-0.1, -0.05) is 42.1 Å². The summed E-state index contributed by atoms with van der Waals surface area (Å²) in [6, 6.07) is 16.4. The Balaban J connectivity index is 1.50. The lowest BCUT2D eigenvalue weighted by Gasteiger charge is -2.27. The highest BCUT2D eigenvalue weighted by Crippen LogP contribution is 2.28. The van der Waals surface area contributed by atoms with Crippen LogP contribution in [-0.4, -0.2) is 51.0 Å². The lowest BCUT2D eigenvalue weighted by Crippen LogP contribution is -2.32. The second-order valence-corrected chi connectivity index (χ2v) is 8.77. The SMILES string of the molecule is CCN(Cc1cccc(F)c1)C(=O)CSc1nnc(N2CCCCC2)n1-c1ccccc1. The summed E-state index contributed by atoms with van der Waals surface area (Å²) in [4.78, 5) is 16.9. The van der Waals surface area contributed by atoms with Gasteiger partial charge in [0.25, 0.3) is 0 Å². The predicted octanol–water partition coefficient (Wildman–Crippen LogP) is 4.54. The van der Waals surface area contributed by atoms with Crippen molar-refractivity contribution in [1.29, 1.82) is 0 Å². The average Bonchev–Trinajstić information content (AvgIpc) is 3.26. The number of carbonyl (C=O) groups excluding carboxylic acids is 1. The third kappa shape index (κ3) is 5.30. The number of carbonyl (C=O) groups is 1. The van der Waals surface area contributed by atoms with Crippen LogP contribution >= 0.6 is 11.8 Å². The Kier molecular flexibility index (Phi) is 7.42. The lowest BCUT2D eigenvalue weighted by atomic mass is 10.1. The molecule has 8 heteroatoms. The van der Waals surface area contributed by atoms with Crippen LogP contribution in [0.4, 0.5) is 10.3 Å². The van der Waals surface area contributed by atoms with Crippen molar-refractivity contribution in [3.8, 4) is 5.69 Å². The highest BCUT2D eigenvalue weighted by atomic mass is 32.2. The summed E-state index contributed by atoms with van der Waals surface area (Å²) in [7, 11) is 0. The Morgan fingerprint density at radius 3 is 2.56 bits per heavy atom.